The number of phosphoric acid groups is 1. The number of nitriles is 1. The Hall–Kier alpha value is -0.610. The Labute approximate surface area is 233 Å². The molecule has 1 aliphatic heterocycles. The van der Waals surface area contributed by atoms with Crippen molar-refractivity contribution in [1.29, 1.82) is 5.26 Å². The van der Waals surface area contributed by atoms with Crippen LogP contribution in [0.3, 0.4) is 0 Å². The number of hydrogen-bond donors (Lipinski definition) is 3. The molecule has 0 unspecified atom stereocenters. The number of nitrogens with two attached hydrogens (primary N) is 1. The quantitative estimate of drug-likeness (QED) is 0.141. The monoisotopic (exact) mass is 496 g/mol. The van der Waals surface area contributed by atoms with Gasteiger partial charge in [-0.25, -0.2) is 15.0 Å². The summed E-state index contributed by atoms with van der Waals surface area (Å²) in [5.41, 5.74) is 6.31. The molecule has 0 aromatic carbocycles. The van der Waals surface area contributed by atoms with E-state index in [1.54, 1.807) is 0 Å². The van der Waals surface area contributed by atoms with Crippen LogP contribution in [0.15, 0.2) is 6.33 Å². The normalized spacial score (nSPS) is 22.0. The van der Waals surface area contributed by atoms with Crippen molar-refractivity contribution in [3.63, 3.8) is 0 Å². The van der Waals surface area contributed by atoms with Gasteiger partial charge in [0.1, 0.15) is 23.8 Å². The van der Waals surface area contributed by atoms with E-state index in [1.807, 2.05) is 0 Å². The predicted molar refractivity (Wildman–Crippen MR) is 100 cm³/mol. The number of rotatable bonds is 7. The molecule has 0 radical (unpaired) electrons. The van der Waals surface area contributed by atoms with Crippen molar-refractivity contribution in [1.82, 2.24) is 19.5 Å². The van der Waals surface area contributed by atoms with Crippen molar-refractivity contribution >= 4 is 24.8 Å². The first-order valence-electron chi connectivity index (χ1n) is 9.25. The van der Waals surface area contributed by atoms with E-state index < -0.39 is 39.0 Å². The van der Waals surface area contributed by atoms with E-state index in [-0.39, 0.29) is 81.9 Å². The number of imidazole rings is 1. The van der Waals surface area contributed by atoms with Gasteiger partial charge in [0, 0.05) is 12.8 Å². The van der Waals surface area contributed by atoms with Crippen molar-refractivity contribution < 1.29 is 92.9 Å². The molecule has 2 aromatic rings. The Kier molecular flexibility index (Phi) is 12.4. The van der Waals surface area contributed by atoms with Gasteiger partial charge in [0.25, 0.3) is 0 Å². The third-order valence-corrected chi connectivity index (χ3v) is 4.96. The maximum Gasteiger partial charge on any atom is 1.00 e. The third kappa shape index (κ3) is 7.95. The van der Waals surface area contributed by atoms with Crippen LogP contribution in [0.2, 0.25) is 0 Å². The van der Waals surface area contributed by atoms with Gasteiger partial charge >= 0.3 is 59.1 Å². The van der Waals surface area contributed by atoms with Crippen LogP contribution in [-0.2, 0) is 13.8 Å². The van der Waals surface area contributed by atoms with Crippen molar-refractivity contribution in [2.45, 2.75) is 50.2 Å². The van der Waals surface area contributed by atoms with Crippen LogP contribution in [0.4, 0.5) is 5.82 Å². The molecule has 1 saturated heterocycles. The molecule has 1 aliphatic rings. The van der Waals surface area contributed by atoms with Gasteiger partial charge in [0.2, 0.25) is 5.82 Å². The fourth-order valence-electron chi connectivity index (χ4n) is 3.00. The van der Waals surface area contributed by atoms with Gasteiger partial charge in [-0.2, -0.15) is 5.26 Å². The summed E-state index contributed by atoms with van der Waals surface area (Å²) >= 11 is 0. The Bertz CT molecular complexity index is 1100. The molecule has 2 aromatic heterocycles. The Morgan fingerprint density at radius 1 is 1.24 bits per heavy atom. The number of aliphatic hydroxyl groups excluding tert-OH is 2. The second-order valence-electron chi connectivity index (χ2n) is 6.71. The summed E-state index contributed by atoms with van der Waals surface area (Å²) in [7, 11) is -5.28. The molecule has 0 aliphatic carbocycles. The van der Waals surface area contributed by atoms with Crippen LogP contribution in [0, 0.1) is 23.2 Å². The molecular weight excluding hydrogens is 477 g/mol. The van der Waals surface area contributed by atoms with Crippen molar-refractivity contribution in [3.8, 4) is 17.9 Å². The third-order valence-electron chi connectivity index (χ3n) is 4.50. The number of nitrogens with zero attached hydrogens (tertiary/aromatic N) is 5. The van der Waals surface area contributed by atoms with E-state index >= 15 is 0 Å². The van der Waals surface area contributed by atoms with Crippen molar-refractivity contribution in [3.05, 3.63) is 12.2 Å². The van der Waals surface area contributed by atoms with E-state index in [0.29, 0.717) is 12.8 Å². The van der Waals surface area contributed by atoms with E-state index in [1.165, 1.54) is 10.9 Å². The summed E-state index contributed by atoms with van der Waals surface area (Å²) < 4.78 is 21.6. The molecule has 0 saturated carbocycles. The van der Waals surface area contributed by atoms with Gasteiger partial charge in [0.05, 0.1) is 26.8 Å². The Morgan fingerprint density at radius 2 is 1.94 bits per heavy atom. The van der Waals surface area contributed by atoms with E-state index in [0.717, 1.165) is 12.8 Å². The number of aliphatic hydroxyl groups is 2. The second kappa shape index (κ2) is 13.5. The van der Waals surface area contributed by atoms with Crippen LogP contribution >= 0.6 is 7.82 Å². The van der Waals surface area contributed by atoms with Crippen molar-refractivity contribution in [2.75, 3.05) is 12.3 Å². The number of aromatic nitrogens is 4. The maximum absolute atomic E-state index is 10.7. The number of phosphoric ester groups is 1. The summed E-state index contributed by atoms with van der Waals surface area (Å²) in [6.45, 7) is -0.759. The number of unbranched alkanes of at least 4 members (excludes halogenated alkanes) is 3. The summed E-state index contributed by atoms with van der Waals surface area (Å²) in [5.74, 6) is 5.83. The number of hydrogen-bond acceptors (Lipinski definition) is 12. The topological polar surface area (TPSA) is 216 Å². The SMILES string of the molecule is N#CCCCCC#Cc1nc(N)c2ncn([C@@H]3O[C@H](COP(=O)([O-])[O-])[C@@H](O)[C@H]3O)c2n1.[Na+].[Na+]. The first-order chi connectivity index (χ1) is 14.7. The molecule has 4 atom stereocenters. The fourth-order valence-corrected chi connectivity index (χ4v) is 3.33. The average molecular weight is 496 g/mol. The maximum atomic E-state index is 10.7. The Morgan fingerprint density at radius 3 is 2.61 bits per heavy atom. The number of fused-ring (bicyclic) bond motifs is 1. The molecule has 3 rings (SSSR count). The molecular formula is C17H19N6Na2O7P. The largest absolute Gasteiger partial charge is 1.00 e. The van der Waals surface area contributed by atoms with Gasteiger partial charge in [-0.3, -0.25) is 4.57 Å². The summed E-state index contributed by atoms with van der Waals surface area (Å²) in [4.78, 5) is 33.8. The van der Waals surface area contributed by atoms with Gasteiger partial charge in [-0.1, -0.05) is 5.92 Å². The molecule has 0 bridgehead atoms. The minimum absolute atomic E-state index is 0. The zero-order valence-electron chi connectivity index (χ0n) is 18.1. The summed E-state index contributed by atoms with van der Waals surface area (Å²) in [6, 6.07) is 2.06. The number of anilines is 1. The fraction of sp³-hybridized carbons (Fsp3) is 0.529. The Balaban J connectivity index is 0.00000272. The van der Waals surface area contributed by atoms with E-state index in [4.69, 9.17) is 15.7 Å². The minimum atomic E-state index is -5.28. The van der Waals surface area contributed by atoms with Crippen LogP contribution in [0.1, 0.15) is 37.7 Å². The first-order valence-corrected chi connectivity index (χ1v) is 10.7. The van der Waals surface area contributed by atoms with Crippen LogP contribution in [-0.4, -0.2) is 54.7 Å². The van der Waals surface area contributed by atoms with Crippen molar-refractivity contribution in [2.24, 2.45) is 0 Å². The molecule has 3 heterocycles. The van der Waals surface area contributed by atoms with Crippen LogP contribution in [0.25, 0.3) is 11.2 Å². The van der Waals surface area contributed by atoms with E-state index in [2.05, 4.69) is 37.4 Å². The van der Waals surface area contributed by atoms with Gasteiger partial charge in [0.15, 0.2) is 17.7 Å². The molecule has 166 valence electrons. The number of nitrogen functional groups attached to an aromatic ring is 1. The zero-order chi connectivity index (χ0) is 22.6. The molecule has 0 amide bonds. The van der Waals surface area contributed by atoms with Crippen LogP contribution in [0.5, 0.6) is 0 Å². The second-order valence-corrected chi connectivity index (χ2v) is 7.87. The van der Waals surface area contributed by atoms with Crippen LogP contribution < -0.4 is 74.6 Å². The minimum Gasteiger partial charge on any atom is -0.790 e. The molecule has 33 heavy (non-hydrogen) atoms. The summed E-state index contributed by atoms with van der Waals surface area (Å²) in [5, 5.41) is 29.0. The van der Waals surface area contributed by atoms with Gasteiger partial charge < -0.3 is 39.6 Å². The zero-order valence-corrected chi connectivity index (χ0v) is 23.0. The summed E-state index contributed by atoms with van der Waals surface area (Å²) in [6.07, 6.45) is -1.74. The molecule has 1 fully saturated rings. The molecule has 13 nitrogen and oxygen atoms in total. The molecule has 16 heteroatoms. The first kappa shape index (κ1) is 30.4. The van der Waals surface area contributed by atoms with E-state index in [9.17, 15) is 24.6 Å². The predicted octanol–water partition coefficient (Wildman–Crippen LogP) is -7.68. The van der Waals surface area contributed by atoms with Gasteiger partial charge in [-0.15, -0.1) is 0 Å². The smallest absolute Gasteiger partial charge is 0.790 e. The van der Waals surface area contributed by atoms with Gasteiger partial charge in [-0.05, 0) is 18.8 Å². The average Bonchev–Trinajstić information content (AvgIpc) is 3.24. The number of ether oxygens (including phenoxy) is 1. The molecule has 4 N–H and O–H groups in total. The standard InChI is InChI=1S/C17H21N6O7P.2Na/c18-7-5-3-1-2-4-6-11-21-15(19)12-16(22-11)23(9-20-12)17-14(25)13(24)10(30-17)8-29-31(26,27)28;;/h9-10,13-14,17,24-25H,1-3,5,8H2,(H2,19,21,22)(H2,26,27,28);;/q;2*+1/p-2/t10-,13-,14-,17-;;/m1../s1. The molecule has 0 spiro atoms.